The SMILES string of the molecule is Cc1ccc(O)c(C(O)CBr)c1. The number of aromatic hydroxyl groups is 1. The predicted molar refractivity (Wildman–Crippen MR) is 51.6 cm³/mol. The first-order chi connectivity index (χ1) is 5.65. The molecule has 1 rings (SSSR count). The van der Waals surface area contributed by atoms with E-state index in [2.05, 4.69) is 15.9 Å². The average molecular weight is 231 g/mol. The number of hydrogen-bond acceptors (Lipinski definition) is 2. The van der Waals surface area contributed by atoms with Gasteiger partial charge in [-0.05, 0) is 19.1 Å². The van der Waals surface area contributed by atoms with Gasteiger partial charge in [-0.3, -0.25) is 0 Å². The Morgan fingerprint density at radius 3 is 2.75 bits per heavy atom. The minimum atomic E-state index is -0.634. The number of phenols is 1. The molecule has 0 fully saturated rings. The average Bonchev–Trinajstić information content (AvgIpc) is 2.08. The summed E-state index contributed by atoms with van der Waals surface area (Å²) in [6.07, 6.45) is -0.634. The predicted octanol–water partition coefficient (Wildman–Crippen LogP) is 2.13. The van der Waals surface area contributed by atoms with Crippen LogP contribution in [0.25, 0.3) is 0 Å². The molecule has 0 amide bonds. The summed E-state index contributed by atoms with van der Waals surface area (Å²) in [5.41, 5.74) is 1.61. The molecule has 0 aromatic heterocycles. The molecule has 0 saturated carbocycles. The van der Waals surface area contributed by atoms with Gasteiger partial charge in [-0.15, -0.1) is 0 Å². The zero-order valence-electron chi connectivity index (χ0n) is 6.79. The second-order valence-corrected chi connectivity index (χ2v) is 3.38. The molecule has 1 unspecified atom stereocenters. The van der Waals surface area contributed by atoms with Crippen LogP contribution in [-0.4, -0.2) is 15.5 Å². The smallest absolute Gasteiger partial charge is 0.121 e. The minimum Gasteiger partial charge on any atom is -0.508 e. The second kappa shape index (κ2) is 3.92. The van der Waals surface area contributed by atoms with E-state index < -0.39 is 6.10 Å². The molecule has 1 aromatic carbocycles. The third-order valence-electron chi connectivity index (χ3n) is 1.69. The monoisotopic (exact) mass is 230 g/mol. The molecular weight excluding hydrogens is 220 g/mol. The van der Waals surface area contributed by atoms with Gasteiger partial charge in [0.15, 0.2) is 0 Å². The van der Waals surface area contributed by atoms with Gasteiger partial charge in [-0.2, -0.15) is 0 Å². The fraction of sp³-hybridized carbons (Fsp3) is 0.333. The lowest BCUT2D eigenvalue weighted by molar-refractivity contribution is 0.201. The van der Waals surface area contributed by atoms with Crippen LogP contribution in [0, 0.1) is 6.92 Å². The maximum Gasteiger partial charge on any atom is 0.121 e. The van der Waals surface area contributed by atoms with Crippen molar-refractivity contribution in [2.75, 3.05) is 5.33 Å². The van der Waals surface area contributed by atoms with E-state index in [-0.39, 0.29) is 5.75 Å². The summed E-state index contributed by atoms with van der Waals surface area (Å²) in [6.45, 7) is 1.92. The molecule has 0 saturated heterocycles. The van der Waals surface area contributed by atoms with Gasteiger partial charge >= 0.3 is 0 Å². The van der Waals surface area contributed by atoms with Crippen LogP contribution in [0.2, 0.25) is 0 Å². The van der Waals surface area contributed by atoms with Gasteiger partial charge in [0.05, 0.1) is 6.10 Å². The normalized spacial score (nSPS) is 12.9. The highest BCUT2D eigenvalue weighted by Gasteiger charge is 2.10. The number of aryl methyl sites for hydroxylation is 1. The molecular formula is C9H11BrO2. The summed E-state index contributed by atoms with van der Waals surface area (Å²) >= 11 is 3.15. The molecule has 0 aliphatic carbocycles. The van der Waals surface area contributed by atoms with Gasteiger partial charge < -0.3 is 10.2 Å². The molecule has 0 spiro atoms. The molecule has 0 aliphatic heterocycles. The van der Waals surface area contributed by atoms with Gasteiger partial charge in [-0.1, -0.05) is 27.6 Å². The Balaban J connectivity index is 3.04. The van der Waals surface area contributed by atoms with Crippen molar-refractivity contribution in [3.05, 3.63) is 29.3 Å². The number of alkyl halides is 1. The van der Waals surface area contributed by atoms with Crippen LogP contribution >= 0.6 is 15.9 Å². The fourth-order valence-electron chi connectivity index (χ4n) is 1.02. The first-order valence-electron chi connectivity index (χ1n) is 3.68. The quantitative estimate of drug-likeness (QED) is 0.765. The van der Waals surface area contributed by atoms with Crippen LogP contribution in [-0.2, 0) is 0 Å². The number of halogens is 1. The third kappa shape index (κ3) is 1.99. The molecule has 0 aliphatic rings. The molecule has 66 valence electrons. The van der Waals surface area contributed by atoms with E-state index >= 15 is 0 Å². The highest BCUT2D eigenvalue weighted by atomic mass is 79.9. The fourth-order valence-corrected chi connectivity index (χ4v) is 1.37. The maximum atomic E-state index is 9.43. The van der Waals surface area contributed by atoms with Crippen molar-refractivity contribution in [1.82, 2.24) is 0 Å². The zero-order chi connectivity index (χ0) is 9.14. The van der Waals surface area contributed by atoms with Crippen molar-refractivity contribution in [1.29, 1.82) is 0 Å². The lowest BCUT2D eigenvalue weighted by Crippen LogP contribution is -1.98. The maximum absolute atomic E-state index is 9.43. The largest absolute Gasteiger partial charge is 0.508 e. The van der Waals surface area contributed by atoms with Gasteiger partial charge in [0.1, 0.15) is 5.75 Å². The summed E-state index contributed by atoms with van der Waals surface area (Å²) in [7, 11) is 0. The molecule has 2 nitrogen and oxygen atoms in total. The van der Waals surface area contributed by atoms with Crippen molar-refractivity contribution in [3.63, 3.8) is 0 Å². The number of benzene rings is 1. The van der Waals surface area contributed by atoms with E-state index in [1.165, 1.54) is 0 Å². The lowest BCUT2D eigenvalue weighted by Gasteiger charge is -2.09. The number of aliphatic hydroxyl groups excluding tert-OH is 1. The van der Waals surface area contributed by atoms with Crippen LogP contribution in [0.3, 0.4) is 0 Å². The number of hydrogen-bond donors (Lipinski definition) is 2. The number of rotatable bonds is 2. The summed E-state index contributed by atoms with van der Waals surface area (Å²) in [6, 6.07) is 5.18. The Bertz CT molecular complexity index is 273. The highest BCUT2D eigenvalue weighted by molar-refractivity contribution is 9.09. The van der Waals surface area contributed by atoms with Crippen LogP contribution in [0.5, 0.6) is 5.75 Å². The molecule has 2 N–H and O–H groups in total. The van der Waals surface area contributed by atoms with Gasteiger partial charge in [-0.25, -0.2) is 0 Å². The second-order valence-electron chi connectivity index (χ2n) is 2.73. The van der Waals surface area contributed by atoms with Crippen LogP contribution < -0.4 is 0 Å². The van der Waals surface area contributed by atoms with E-state index in [1.54, 1.807) is 18.2 Å². The first kappa shape index (κ1) is 9.55. The molecule has 0 bridgehead atoms. The van der Waals surface area contributed by atoms with Crippen molar-refractivity contribution in [3.8, 4) is 5.75 Å². The Morgan fingerprint density at radius 1 is 1.50 bits per heavy atom. The van der Waals surface area contributed by atoms with Gasteiger partial charge in [0, 0.05) is 10.9 Å². The van der Waals surface area contributed by atoms with Gasteiger partial charge in [0.25, 0.3) is 0 Å². The highest BCUT2D eigenvalue weighted by Crippen LogP contribution is 2.25. The van der Waals surface area contributed by atoms with Crippen molar-refractivity contribution >= 4 is 15.9 Å². The summed E-state index contributed by atoms with van der Waals surface area (Å²) in [5.74, 6) is 0.146. The lowest BCUT2D eigenvalue weighted by atomic mass is 10.1. The van der Waals surface area contributed by atoms with Gasteiger partial charge in [0.2, 0.25) is 0 Å². The topological polar surface area (TPSA) is 40.5 Å². The summed E-state index contributed by atoms with van der Waals surface area (Å²) < 4.78 is 0. The molecule has 1 aromatic rings. The summed E-state index contributed by atoms with van der Waals surface area (Å²) in [4.78, 5) is 0. The third-order valence-corrected chi connectivity index (χ3v) is 2.30. The van der Waals surface area contributed by atoms with E-state index in [0.29, 0.717) is 10.9 Å². The molecule has 3 heteroatoms. The molecule has 0 radical (unpaired) electrons. The molecule has 12 heavy (non-hydrogen) atoms. The first-order valence-corrected chi connectivity index (χ1v) is 4.81. The standard InChI is InChI=1S/C9H11BrO2/c1-6-2-3-8(11)7(4-6)9(12)5-10/h2-4,9,11-12H,5H2,1H3. The van der Waals surface area contributed by atoms with E-state index in [0.717, 1.165) is 5.56 Å². The Hall–Kier alpha value is -0.540. The molecule has 0 heterocycles. The van der Waals surface area contributed by atoms with Crippen LogP contribution in [0.1, 0.15) is 17.2 Å². The van der Waals surface area contributed by atoms with Crippen molar-refractivity contribution in [2.24, 2.45) is 0 Å². The Labute approximate surface area is 80.0 Å². The minimum absolute atomic E-state index is 0.146. The Morgan fingerprint density at radius 2 is 2.17 bits per heavy atom. The van der Waals surface area contributed by atoms with Crippen LogP contribution in [0.4, 0.5) is 0 Å². The van der Waals surface area contributed by atoms with Crippen LogP contribution in [0.15, 0.2) is 18.2 Å². The van der Waals surface area contributed by atoms with E-state index in [9.17, 15) is 10.2 Å². The number of phenolic OH excluding ortho intramolecular Hbond substituents is 1. The van der Waals surface area contributed by atoms with E-state index in [4.69, 9.17) is 0 Å². The van der Waals surface area contributed by atoms with Crippen molar-refractivity contribution in [2.45, 2.75) is 13.0 Å². The zero-order valence-corrected chi connectivity index (χ0v) is 8.37. The Kier molecular flexibility index (Phi) is 3.12. The van der Waals surface area contributed by atoms with Crippen molar-refractivity contribution < 1.29 is 10.2 Å². The summed E-state index contributed by atoms with van der Waals surface area (Å²) in [5, 5.41) is 19.2. The number of aliphatic hydroxyl groups is 1. The molecule has 1 atom stereocenters. The van der Waals surface area contributed by atoms with E-state index in [1.807, 2.05) is 6.92 Å².